The van der Waals surface area contributed by atoms with Gasteiger partial charge in [0.25, 0.3) is 0 Å². The van der Waals surface area contributed by atoms with E-state index in [0.29, 0.717) is 26.5 Å². The van der Waals surface area contributed by atoms with Crippen molar-refractivity contribution in [3.05, 3.63) is 67.9 Å². The first-order valence-electron chi connectivity index (χ1n) is 6.64. The van der Waals surface area contributed by atoms with Gasteiger partial charge in [-0.25, -0.2) is 4.39 Å². The highest BCUT2D eigenvalue weighted by Gasteiger charge is 2.17. The Morgan fingerprint density at radius 3 is 2.62 bits per heavy atom. The minimum atomic E-state index is -0.233. The molecule has 0 amide bonds. The highest BCUT2D eigenvalue weighted by molar-refractivity contribution is 9.10. The number of hydrogen-bond donors (Lipinski definition) is 1. The van der Waals surface area contributed by atoms with Crippen LogP contribution in [-0.2, 0) is 6.42 Å². The first-order valence-corrected chi connectivity index (χ1v) is 8.19. The molecule has 0 heterocycles. The standard InChI is InChI=1S/C16H15BrCl2FN/c1-2-21-15(11-4-3-5-12(17)16(11)20)9-10-6-7-13(18)14(19)8-10/h3-8,15,21H,2,9H2,1H3. The van der Waals surface area contributed by atoms with Crippen molar-refractivity contribution < 1.29 is 4.39 Å². The molecule has 0 spiro atoms. The molecule has 1 N–H and O–H groups in total. The van der Waals surface area contributed by atoms with Crippen LogP contribution in [0.15, 0.2) is 40.9 Å². The zero-order chi connectivity index (χ0) is 15.4. The van der Waals surface area contributed by atoms with Gasteiger partial charge in [0.2, 0.25) is 0 Å². The number of benzene rings is 2. The van der Waals surface area contributed by atoms with Gasteiger partial charge in [0, 0.05) is 11.6 Å². The fraction of sp³-hybridized carbons (Fsp3) is 0.250. The third-order valence-corrected chi connectivity index (χ3v) is 4.58. The molecule has 0 bridgehead atoms. The maximum atomic E-state index is 14.3. The first-order chi connectivity index (χ1) is 10.0. The van der Waals surface area contributed by atoms with Gasteiger partial charge in [0.1, 0.15) is 5.82 Å². The fourth-order valence-corrected chi connectivity index (χ4v) is 2.93. The van der Waals surface area contributed by atoms with Crippen LogP contribution in [0.2, 0.25) is 10.0 Å². The van der Waals surface area contributed by atoms with Gasteiger partial charge in [-0.2, -0.15) is 0 Å². The molecule has 0 saturated carbocycles. The summed E-state index contributed by atoms with van der Waals surface area (Å²) in [5.74, 6) is -0.233. The molecule has 112 valence electrons. The van der Waals surface area contributed by atoms with Crippen molar-refractivity contribution in [2.45, 2.75) is 19.4 Å². The van der Waals surface area contributed by atoms with E-state index in [1.807, 2.05) is 25.1 Å². The quantitative estimate of drug-likeness (QED) is 0.681. The lowest BCUT2D eigenvalue weighted by atomic mass is 9.98. The maximum absolute atomic E-state index is 14.3. The van der Waals surface area contributed by atoms with Gasteiger partial charge in [0.15, 0.2) is 0 Å². The second kappa shape index (κ2) is 7.59. The van der Waals surface area contributed by atoms with Gasteiger partial charge < -0.3 is 5.32 Å². The van der Waals surface area contributed by atoms with Crippen molar-refractivity contribution in [3.63, 3.8) is 0 Å². The number of hydrogen-bond acceptors (Lipinski definition) is 1. The first kappa shape index (κ1) is 16.8. The molecule has 0 saturated heterocycles. The van der Waals surface area contributed by atoms with Gasteiger partial charge in [-0.05, 0) is 52.7 Å². The minimum absolute atomic E-state index is 0.121. The summed E-state index contributed by atoms with van der Waals surface area (Å²) in [7, 11) is 0. The minimum Gasteiger partial charge on any atom is -0.310 e. The van der Waals surface area contributed by atoms with E-state index >= 15 is 0 Å². The van der Waals surface area contributed by atoms with Crippen LogP contribution in [0.1, 0.15) is 24.1 Å². The van der Waals surface area contributed by atoms with Crippen molar-refractivity contribution in [3.8, 4) is 0 Å². The molecule has 0 fully saturated rings. The summed E-state index contributed by atoms with van der Waals surface area (Å²) < 4.78 is 14.8. The second-order valence-electron chi connectivity index (χ2n) is 4.71. The lowest BCUT2D eigenvalue weighted by Crippen LogP contribution is -2.24. The number of rotatable bonds is 5. The molecule has 2 rings (SSSR count). The number of nitrogens with one attached hydrogen (secondary N) is 1. The molecule has 0 aromatic heterocycles. The van der Waals surface area contributed by atoms with E-state index in [0.717, 1.165) is 12.1 Å². The Labute approximate surface area is 142 Å². The maximum Gasteiger partial charge on any atom is 0.142 e. The Bertz CT molecular complexity index is 634. The number of likely N-dealkylation sites (N-methyl/N-ethyl adjacent to an activating group) is 1. The van der Waals surface area contributed by atoms with Crippen molar-refractivity contribution >= 4 is 39.1 Å². The topological polar surface area (TPSA) is 12.0 Å². The van der Waals surface area contributed by atoms with E-state index in [9.17, 15) is 4.39 Å². The van der Waals surface area contributed by atoms with Crippen molar-refractivity contribution in [2.24, 2.45) is 0 Å². The summed E-state index contributed by atoms with van der Waals surface area (Å²) in [5, 5.41) is 4.35. The van der Waals surface area contributed by atoms with Gasteiger partial charge >= 0.3 is 0 Å². The van der Waals surface area contributed by atoms with Crippen LogP contribution in [0, 0.1) is 5.82 Å². The van der Waals surface area contributed by atoms with E-state index in [1.165, 1.54) is 0 Å². The highest BCUT2D eigenvalue weighted by Crippen LogP contribution is 2.28. The summed E-state index contributed by atoms with van der Waals surface area (Å²) in [5.41, 5.74) is 1.65. The monoisotopic (exact) mass is 389 g/mol. The molecule has 1 unspecified atom stereocenters. The van der Waals surface area contributed by atoms with Gasteiger partial charge in [-0.1, -0.05) is 48.3 Å². The lowest BCUT2D eigenvalue weighted by molar-refractivity contribution is 0.507. The van der Waals surface area contributed by atoms with Crippen molar-refractivity contribution in [2.75, 3.05) is 6.54 Å². The molecule has 5 heteroatoms. The summed E-state index contributed by atoms with van der Waals surface area (Å²) >= 11 is 15.2. The molecule has 1 nitrogen and oxygen atoms in total. The number of halogens is 4. The Morgan fingerprint density at radius 2 is 1.95 bits per heavy atom. The smallest absolute Gasteiger partial charge is 0.142 e. The van der Waals surface area contributed by atoms with E-state index < -0.39 is 0 Å². The molecule has 0 aliphatic heterocycles. The van der Waals surface area contributed by atoms with E-state index in [2.05, 4.69) is 21.2 Å². The molecule has 2 aromatic rings. The van der Waals surface area contributed by atoms with E-state index in [1.54, 1.807) is 18.2 Å². The SMILES string of the molecule is CCNC(Cc1ccc(Cl)c(Cl)c1)c1cccc(Br)c1F. The van der Waals surface area contributed by atoms with Crippen LogP contribution in [0.3, 0.4) is 0 Å². The Morgan fingerprint density at radius 1 is 1.19 bits per heavy atom. The van der Waals surface area contributed by atoms with Gasteiger partial charge in [0.05, 0.1) is 14.5 Å². The Hall–Kier alpha value is -0.610. The van der Waals surface area contributed by atoms with Crippen LogP contribution >= 0.6 is 39.1 Å². The van der Waals surface area contributed by atoms with Gasteiger partial charge in [-0.15, -0.1) is 0 Å². The molecular formula is C16H15BrCl2FN. The summed E-state index contributed by atoms with van der Waals surface area (Å²) in [4.78, 5) is 0. The molecule has 2 aromatic carbocycles. The Kier molecular flexibility index (Phi) is 6.06. The average molecular weight is 391 g/mol. The van der Waals surface area contributed by atoms with Gasteiger partial charge in [-0.3, -0.25) is 0 Å². The van der Waals surface area contributed by atoms with E-state index in [4.69, 9.17) is 23.2 Å². The molecular weight excluding hydrogens is 376 g/mol. The predicted octanol–water partition coefficient (Wildman–Crippen LogP) is 5.79. The van der Waals surface area contributed by atoms with Crippen LogP contribution in [0.5, 0.6) is 0 Å². The third-order valence-electron chi connectivity index (χ3n) is 3.23. The van der Waals surface area contributed by atoms with Crippen LogP contribution < -0.4 is 5.32 Å². The fourth-order valence-electron chi connectivity index (χ4n) is 2.23. The van der Waals surface area contributed by atoms with Crippen molar-refractivity contribution in [1.82, 2.24) is 5.32 Å². The lowest BCUT2D eigenvalue weighted by Gasteiger charge is -2.20. The molecule has 1 atom stereocenters. The average Bonchev–Trinajstić information content (AvgIpc) is 2.45. The molecule has 0 aliphatic rings. The largest absolute Gasteiger partial charge is 0.310 e. The summed E-state index contributed by atoms with van der Waals surface area (Å²) in [6, 6.07) is 10.7. The second-order valence-corrected chi connectivity index (χ2v) is 6.37. The zero-order valence-corrected chi connectivity index (χ0v) is 14.6. The van der Waals surface area contributed by atoms with Crippen LogP contribution in [0.4, 0.5) is 4.39 Å². The van der Waals surface area contributed by atoms with Crippen LogP contribution in [0.25, 0.3) is 0 Å². The summed E-state index contributed by atoms with van der Waals surface area (Å²) in [6.45, 7) is 2.75. The normalized spacial score (nSPS) is 12.4. The third kappa shape index (κ3) is 4.19. The summed E-state index contributed by atoms with van der Waals surface area (Å²) in [6.07, 6.45) is 0.637. The van der Waals surface area contributed by atoms with Crippen LogP contribution in [-0.4, -0.2) is 6.54 Å². The predicted molar refractivity (Wildman–Crippen MR) is 90.7 cm³/mol. The molecule has 0 radical (unpaired) electrons. The zero-order valence-electron chi connectivity index (χ0n) is 11.5. The molecule has 21 heavy (non-hydrogen) atoms. The molecule has 0 aliphatic carbocycles. The van der Waals surface area contributed by atoms with Crippen molar-refractivity contribution in [1.29, 1.82) is 0 Å². The Balaban J connectivity index is 2.30. The van der Waals surface area contributed by atoms with E-state index in [-0.39, 0.29) is 11.9 Å². The highest BCUT2D eigenvalue weighted by atomic mass is 79.9.